The molecule has 2 heterocycles. The molecule has 1 aromatic rings. The zero-order valence-corrected chi connectivity index (χ0v) is 25.6. The van der Waals surface area contributed by atoms with Crippen LogP contribution in [-0.4, -0.2) is 61.1 Å². The van der Waals surface area contributed by atoms with Crippen molar-refractivity contribution in [3.63, 3.8) is 0 Å². The molecule has 0 amide bonds. The van der Waals surface area contributed by atoms with E-state index in [-0.39, 0.29) is 12.4 Å². The molecular formula is C25H47N3O11P2. The Bertz CT molecular complexity index is 1040. The number of aliphatic hydroxyl groups is 2. The summed E-state index contributed by atoms with van der Waals surface area (Å²) in [4.78, 5) is 35.2. The fourth-order valence-electron chi connectivity index (χ4n) is 4.54. The van der Waals surface area contributed by atoms with Crippen LogP contribution in [0.5, 0.6) is 0 Å². The standard InChI is InChI=1S/C25H47N3O11P2/c1-2-3-4-5-6-7-8-9-10-11-12-13-14-15-18-36-40(32,33)39-41(34,35)37-19-20-22(29)23(30)24(38-20)28-17-16-21(26)27-25(28)31/h16-17,20,22-24,29-30H,2-15,18-19H2,1H3,(H,32,33)(H,34,35)(H2,26,27,31). The molecule has 0 radical (unpaired) electrons. The van der Waals surface area contributed by atoms with Crippen molar-refractivity contribution in [3.05, 3.63) is 22.7 Å². The van der Waals surface area contributed by atoms with Gasteiger partial charge in [0.05, 0.1) is 13.2 Å². The Balaban J connectivity index is 1.59. The molecule has 1 aromatic heterocycles. The third-order valence-electron chi connectivity index (χ3n) is 6.82. The van der Waals surface area contributed by atoms with E-state index in [0.717, 1.165) is 30.3 Å². The van der Waals surface area contributed by atoms with Crippen LogP contribution in [0.25, 0.3) is 0 Å². The highest BCUT2D eigenvalue weighted by Crippen LogP contribution is 2.60. The molecule has 0 bridgehead atoms. The monoisotopic (exact) mass is 627 g/mol. The number of nitrogen functional groups attached to an aromatic ring is 1. The van der Waals surface area contributed by atoms with Crippen molar-refractivity contribution in [2.75, 3.05) is 18.9 Å². The molecule has 1 aliphatic rings. The highest BCUT2D eigenvalue weighted by Gasteiger charge is 2.46. The Morgan fingerprint density at radius 1 is 0.878 bits per heavy atom. The fraction of sp³-hybridized carbons (Fsp3) is 0.840. The molecule has 238 valence electrons. The third-order valence-corrected chi connectivity index (χ3v) is 9.46. The summed E-state index contributed by atoms with van der Waals surface area (Å²) in [5, 5.41) is 20.4. The van der Waals surface area contributed by atoms with Gasteiger partial charge in [0.1, 0.15) is 24.1 Å². The van der Waals surface area contributed by atoms with Crippen molar-refractivity contribution in [3.8, 4) is 0 Å². The van der Waals surface area contributed by atoms with Crippen molar-refractivity contribution in [2.45, 2.75) is 121 Å². The fourth-order valence-corrected chi connectivity index (χ4v) is 6.65. The van der Waals surface area contributed by atoms with Crippen LogP contribution in [0.3, 0.4) is 0 Å². The summed E-state index contributed by atoms with van der Waals surface area (Å²) in [7, 11) is -10.0. The van der Waals surface area contributed by atoms with Crippen molar-refractivity contribution < 1.29 is 47.2 Å². The van der Waals surface area contributed by atoms with E-state index >= 15 is 0 Å². The number of ether oxygens (including phenoxy) is 1. The molecule has 1 aliphatic heterocycles. The molecule has 0 aromatic carbocycles. The summed E-state index contributed by atoms with van der Waals surface area (Å²) in [6, 6.07) is 1.28. The lowest BCUT2D eigenvalue weighted by Crippen LogP contribution is -2.36. The van der Waals surface area contributed by atoms with Gasteiger partial charge >= 0.3 is 21.3 Å². The predicted molar refractivity (Wildman–Crippen MR) is 152 cm³/mol. The van der Waals surface area contributed by atoms with Crippen LogP contribution in [0, 0.1) is 0 Å². The van der Waals surface area contributed by atoms with Gasteiger partial charge in [-0.1, -0.05) is 90.4 Å². The van der Waals surface area contributed by atoms with Crippen LogP contribution in [0.1, 0.15) is 103 Å². The Kier molecular flexibility index (Phi) is 16.2. The summed E-state index contributed by atoms with van der Waals surface area (Å²) in [6.07, 6.45) is 11.3. The minimum absolute atomic E-state index is 0.0578. The van der Waals surface area contributed by atoms with Crippen molar-refractivity contribution in [2.24, 2.45) is 0 Å². The van der Waals surface area contributed by atoms with Crippen molar-refractivity contribution >= 4 is 21.5 Å². The molecule has 6 N–H and O–H groups in total. The van der Waals surface area contributed by atoms with E-state index in [2.05, 4.69) is 20.7 Å². The average molecular weight is 628 g/mol. The maximum atomic E-state index is 12.2. The molecule has 41 heavy (non-hydrogen) atoms. The highest BCUT2D eigenvalue weighted by atomic mass is 31.3. The van der Waals surface area contributed by atoms with Gasteiger partial charge in [-0.2, -0.15) is 9.29 Å². The summed E-state index contributed by atoms with van der Waals surface area (Å²) in [5.41, 5.74) is 4.58. The summed E-state index contributed by atoms with van der Waals surface area (Å²) < 4.78 is 44.3. The minimum atomic E-state index is -5.12. The smallest absolute Gasteiger partial charge is 0.387 e. The molecular weight excluding hydrogens is 580 g/mol. The molecule has 0 aliphatic carbocycles. The second-order valence-electron chi connectivity index (χ2n) is 10.3. The number of aliphatic hydroxyl groups excluding tert-OH is 2. The lowest BCUT2D eigenvalue weighted by molar-refractivity contribution is -0.0542. The first-order valence-corrected chi connectivity index (χ1v) is 17.5. The molecule has 2 rings (SSSR count). The Morgan fingerprint density at radius 2 is 1.39 bits per heavy atom. The largest absolute Gasteiger partial charge is 0.481 e. The normalized spacial score (nSPS) is 23.8. The van der Waals surface area contributed by atoms with Gasteiger partial charge in [0, 0.05) is 6.20 Å². The molecule has 1 fully saturated rings. The topological polar surface area (TPSA) is 213 Å². The lowest BCUT2D eigenvalue weighted by atomic mass is 10.0. The number of rotatable bonds is 22. The quantitative estimate of drug-likeness (QED) is 0.0903. The van der Waals surface area contributed by atoms with Gasteiger partial charge in [-0.3, -0.25) is 13.6 Å². The average Bonchev–Trinajstić information content (AvgIpc) is 3.17. The van der Waals surface area contributed by atoms with Gasteiger partial charge in [-0.05, 0) is 12.5 Å². The van der Waals surface area contributed by atoms with E-state index in [0.29, 0.717) is 6.42 Å². The number of unbranched alkanes of at least 4 members (excludes halogenated alkanes) is 13. The first-order chi connectivity index (χ1) is 19.5. The Morgan fingerprint density at radius 3 is 1.93 bits per heavy atom. The number of hydrogen-bond donors (Lipinski definition) is 5. The number of phosphoric ester groups is 2. The van der Waals surface area contributed by atoms with Gasteiger partial charge in [-0.25, -0.2) is 13.9 Å². The number of phosphoric acid groups is 2. The Hall–Kier alpha value is -1.18. The number of nitrogens with two attached hydrogens (primary N) is 1. The van der Waals surface area contributed by atoms with Gasteiger partial charge in [0.25, 0.3) is 0 Å². The third kappa shape index (κ3) is 13.8. The summed E-state index contributed by atoms with van der Waals surface area (Å²) in [5.74, 6) is -0.0578. The van der Waals surface area contributed by atoms with Gasteiger partial charge in [-0.15, -0.1) is 0 Å². The number of nitrogens with zero attached hydrogens (tertiary/aromatic N) is 2. The van der Waals surface area contributed by atoms with Crippen LogP contribution >= 0.6 is 15.6 Å². The number of aromatic nitrogens is 2. The van der Waals surface area contributed by atoms with Gasteiger partial charge < -0.3 is 30.5 Å². The second-order valence-corrected chi connectivity index (χ2v) is 13.4. The van der Waals surface area contributed by atoms with E-state index in [1.165, 1.54) is 70.1 Å². The number of hydrogen-bond acceptors (Lipinski definition) is 11. The molecule has 14 nitrogen and oxygen atoms in total. The molecule has 16 heteroatoms. The molecule has 0 saturated carbocycles. The van der Waals surface area contributed by atoms with Crippen LogP contribution in [-0.2, 0) is 27.2 Å². The number of anilines is 1. The maximum absolute atomic E-state index is 12.2. The van der Waals surface area contributed by atoms with Gasteiger partial charge in [0.15, 0.2) is 6.23 Å². The van der Waals surface area contributed by atoms with Crippen molar-refractivity contribution in [1.29, 1.82) is 0 Å². The molecule has 1 saturated heterocycles. The van der Waals surface area contributed by atoms with E-state index < -0.39 is 52.5 Å². The van der Waals surface area contributed by atoms with E-state index in [1.54, 1.807) is 0 Å². The SMILES string of the molecule is CCCCCCCCCCCCCCCCOP(=O)(O)OP(=O)(O)OCC1OC(n2ccc(N)nc2=O)C(O)C1O. The van der Waals surface area contributed by atoms with Crippen LogP contribution in [0.2, 0.25) is 0 Å². The van der Waals surface area contributed by atoms with E-state index in [9.17, 15) is 33.9 Å². The zero-order chi connectivity index (χ0) is 30.3. The minimum Gasteiger partial charge on any atom is -0.387 e. The van der Waals surface area contributed by atoms with Crippen LogP contribution in [0.4, 0.5) is 5.82 Å². The first kappa shape index (κ1) is 36.0. The summed E-state index contributed by atoms with van der Waals surface area (Å²) in [6.45, 7) is 1.27. The van der Waals surface area contributed by atoms with Gasteiger partial charge in [0.2, 0.25) is 0 Å². The second kappa shape index (κ2) is 18.5. The van der Waals surface area contributed by atoms with Crippen molar-refractivity contribution in [1.82, 2.24) is 9.55 Å². The van der Waals surface area contributed by atoms with Crippen LogP contribution < -0.4 is 11.4 Å². The zero-order valence-electron chi connectivity index (χ0n) is 23.8. The van der Waals surface area contributed by atoms with E-state index in [1.807, 2.05) is 0 Å². The maximum Gasteiger partial charge on any atom is 0.481 e. The Labute approximate surface area is 241 Å². The van der Waals surface area contributed by atoms with E-state index in [4.69, 9.17) is 15.0 Å². The van der Waals surface area contributed by atoms with Crippen LogP contribution in [0.15, 0.2) is 17.1 Å². The highest BCUT2D eigenvalue weighted by molar-refractivity contribution is 7.61. The first-order valence-electron chi connectivity index (χ1n) is 14.5. The summed E-state index contributed by atoms with van der Waals surface area (Å²) >= 11 is 0. The predicted octanol–water partition coefficient (Wildman–Crippen LogP) is 4.18. The molecule has 0 spiro atoms. The molecule has 6 atom stereocenters. The molecule has 6 unspecified atom stereocenters. The lowest BCUT2D eigenvalue weighted by Gasteiger charge is -2.19.